The Morgan fingerprint density at radius 2 is 1.72 bits per heavy atom. The van der Waals surface area contributed by atoms with Gasteiger partial charge in [-0.3, -0.25) is 9.59 Å². The Kier molecular flexibility index (Phi) is 4.49. The van der Waals surface area contributed by atoms with E-state index >= 15 is 0 Å². The van der Waals surface area contributed by atoms with Gasteiger partial charge in [-0.2, -0.15) is 0 Å². The number of hydrogen-bond acceptors (Lipinski definition) is 2. The minimum absolute atomic E-state index is 0.0260. The number of rotatable bonds is 1. The van der Waals surface area contributed by atoms with Crippen LogP contribution in [0.25, 0.3) is 0 Å². The topological polar surface area (TPSA) is 54.4 Å². The van der Waals surface area contributed by atoms with Gasteiger partial charge in [-0.1, -0.05) is 77.0 Å². The highest BCUT2D eigenvalue weighted by molar-refractivity contribution is 5.85. The maximum Gasteiger partial charge on any atom is 0.314 e. The molecule has 0 aliphatic heterocycles. The van der Waals surface area contributed by atoms with Crippen molar-refractivity contribution in [2.45, 2.75) is 86.5 Å². The number of carboxylic acid groups (broad SMARTS) is 1. The molecule has 0 spiro atoms. The smallest absolute Gasteiger partial charge is 0.314 e. The lowest BCUT2D eigenvalue weighted by Crippen LogP contribution is -2.59. The van der Waals surface area contributed by atoms with Gasteiger partial charge in [0.2, 0.25) is 0 Å². The molecule has 1 N–H and O–H groups in total. The molecular formula is C29H40O3. The summed E-state index contributed by atoms with van der Waals surface area (Å²) < 4.78 is 0. The summed E-state index contributed by atoms with van der Waals surface area (Å²) in [4.78, 5) is 25.2. The predicted molar refractivity (Wildman–Crippen MR) is 127 cm³/mol. The molecule has 174 valence electrons. The van der Waals surface area contributed by atoms with Crippen LogP contribution in [0.4, 0.5) is 0 Å². The van der Waals surface area contributed by atoms with Gasteiger partial charge in [-0.25, -0.2) is 0 Å². The number of Topliss-reactive ketones (excluding diaryl/α,β-unsaturated/α-hetero) is 1. The lowest BCUT2D eigenvalue weighted by molar-refractivity contribution is -0.153. The Balaban J connectivity index is 1.65. The van der Waals surface area contributed by atoms with Crippen molar-refractivity contribution in [2.75, 3.05) is 0 Å². The van der Waals surface area contributed by atoms with Gasteiger partial charge in [-0.05, 0) is 60.7 Å². The highest BCUT2D eigenvalue weighted by atomic mass is 16.4. The third-order valence-electron chi connectivity index (χ3n) is 11.2. The van der Waals surface area contributed by atoms with E-state index in [-0.39, 0.29) is 33.5 Å². The summed E-state index contributed by atoms with van der Waals surface area (Å²) >= 11 is 0. The highest BCUT2D eigenvalue weighted by Crippen LogP contribution is 2.72. The second-order valence-corrected chi connectivity index (χ2v) is 13.1. The van der Waals surface area contributed by atoms with Crippen LogP contribution in [0.2, 0.25) is 0 Å². The van der Waals surface area contributed by atoms with E-state index in [9.17, 15) is 14.7 Å². The monoisotopic (exact) mass is 436 g/mol. The molecule has 3 heteroatoms. The molecule has 0 aromatic carbocycles. The molecular weight excluding hydrogens is 396 g/mol. The minimum Gasteiger partial charge on any atom is -0.481 e. The standard InChI is InChI=1S/C29H40O3/c1-18-19-9-12-28(6)23(26(19,4)11-10-22(18)30)8-7-20-21-17-25(2,3)13-15-29(21,24(31)32)16-14-27(20,28)5/h7,9,14,16,18,21,23H,8,10-13,15,17H2,1-6H3,(H,31,32)/t18-,21-,23-,26-,27-,28+,29-/m1/s1. The summed E-state index contributed by atoms with van der Waals surface area (Å²) in [6.07, 6.45) is 15.5. The minimum atomic E-state index is -0.755. The molecule has 2 fully saturated rings. The molecule has 5 rings (SSSR count). The fraction of sp³-hybridized carbons (Fsp3) is 0.724. The summed E-state index contributed by atoms with van der Waals surface area (Å²) in [5.41, 5.74) is 2.09. The van der Waals surface area contributed by atoms with Crippen molar-refractivity contribution in [2.24, 2.45) is 44.8 Å². The van der Waals surface area contributed by atoms with E-state index in [0.29, 0.717) is 18.1 Å². The number of fused-ring (bicyclic) bond motifs is 7. The Bertz CT molecular complexity index is 982. The Morgan fingerprint density at radius 3 is 2.41 bits per heavy atom. The van der Waals surface area contributed by atoms with Gasteiger partial charge in [0.15, 0.2) is 0 Å². The molecule has 0 amide bonds. The fourth-order valence-electron chi connectivity index (χ4n) is 8.82. The van der Waals surface area contributed by atoms with Crippen LogP contribution in [0.15, 0.2) is 35.5 Å². The molecule has 0 saturated heterocycles. The zero-order valence-corrected chi connectivity index (χ0v) is 20.8. The number of allylic oxidation sites excluding steroid dienone is 5. The number of ketones is 1. The number of carboxylic acids is 1. The van der Waals surface area contributed by atoms with Crippen LogP contribution >= 0.6 is 0 Å². The van der Waals surface area contributed by atoms with Crippen molar-refractivity contribution >= 4 is 11.8 Å². The van der Waals surface area contributed by atoms with E-state index in [0.717, 1.165) is 38.5 Å². The first-order chi connectivity index (χ1) is 14.8. The molecule has 0 bridgehead atoms. The quantitative estimate of drug-likeness (QED) is 0.463. The van der Waals surface area contributed by atoms with E-state index in [2.05, 4.69) is 65.8 Å². The summed E-state index contributed by atoms with van der Waals surface area (Å²) in [5.74, 6) is 0.322. The van der Waals surface area contributed by atoms with Crippen LogP contribution < -0.4 is 0 Å². The molecule has 0 aromatic rings. The SMILES string of the molecule is C[C@H]1C(=O)CC[C@]2(C)C1=CC[C@@]1(C)[C@@H]2CC=C2[C@H]3CC(C)(C)CC[C@@]3(C(=O)O)C=C[C@]21C. The predicted octanol–water partition coefficient (Wildman–Crippen LogP) is 6.75. The lowest BCUT2D eigenvalue weighted by Gasteiger charge is -2.66. The molecule has 2 saturated carbocycles. The van der Waals surface area contributed by atoms with E-state index in [1.165, 1.54) is 11.1 Å². The van der Waals surface area contributed by atoms with Gasteiger partial charge < -0.3 is 5.11 Å². The lowest BCUT2D eigenvalue weighted by atomic mass is 9.37. The van der Waals surface area contributed by atoms with Crippen LogP contribution in [0.1, 0.15) is 86.5 Å². The first kappa shape index (κ1) is 22.2. The van der Waals surface area contributed by atoms with Crippen LogP contribution in [-0.4, -0.2) is 16.9 Å². The third-order valence-corrected chi connectivity index (χ3v) is 11.2. The van der Waals surface area contributed by atoms with Crippen molar-refractivity contribution in [1.29, 1.82) is 0 Å². The van der Waals surface area contributed by atoms with E-state index in [1.54, 1.807) is 0 Å². The number of carbonyl (C=O) groups excluding carboxylic acids is 1. The largest absolute Gasteiger partial charge is 0.481 e. The van der Waals surface area contributed by atoms with Crippen molar-refractivity contribution in [3.05, 3.63) is 35.5 Å². The number of carbonyl (C=O) groups is 2. The average molecular weight is 437 g/mol. The molecule has 0 unspecified atom stereocenters. The van der Waals surface area contributed by atoms with Gasteiger partial charge in [0.25, 0.3) is 0 Å². The summed E-state index contributed by atoms with van der Waals surface area (Å²) in [6.45, 7) is 14.0. The second kappa shape index (κ2) is 6.48. The fourth-order valence-corrected chi connectivity index (χ4v) is 8.82. The van der Waals surface area contributed by atoms with Gasteiger partial charge in [-0.15, -0.1) is 0 Å². The van der Waals surface area contributed by atoms with Gasteiger partial charge >= 0.3 is 5.97 Å². The molecule has 5 aliphatic carbocycles. The zero-order chi connectivity index (χ0) is 23.3. The first-order valence-electron chi connectivity index (χ1n) is 12.7. The Labute approximate surface area is 193 Å². The van der Waals surface area contributed by atoms with Crippen LogP contribution in [0, 0.1) is 44.8 Å². The van der Waals surface area contributed by atoms with E-state index < -0.39 is 11.4 Å². The Morgan fingerprint density at radius 1 is 1.00 bits per heavy atom. The van der Waals surface area contributed by atoms with Crippen molar-refractivity contribution < 1.29 is 14.7 Å². The maximum absolute atomic E-state index is 12.6. The third kappa shape index (κ3) is 2.54. The summed E-state index contributed by atoms with van der Waals surface area (Å²) in [7, 11) is 0. The average Bonchev–Trinajstić information content (AvgIpc) is 2.71. The van der Waals surface area contributed by atoms with Crippen LogP contribution in [-0.2, 0) is 9.59 Å². The molecule has 0 heterocycles. The number of aliphatic carboxylic acids is 1. The zero-order valence-electron chi connectivity index (χ0n) is 20.8. The van der Waals surface area contributed by atoms with E-state index in [4.69, 9.17) is 0 Å². The van der Waals surface area contributed by atoms with Crippen molar-refractivity contribution in [3.63, 3.8) is 0 Å². The van der Waals surface area contributed by atoms with Crippen LogP contribution in [0.3, 0.4) is 0 Å². The first-order valence-corrected chi connectivity index (χ1v) is 12.7. The highest BCUT2D eigenvalue weighted by Gasteiger charge is 2.65. The second-order valence-electron chi connectivity index (χ2n) is 13.1. The molecule has 0 aromatic heterocycles. The van der Waals surface area contributed by atoms with Crippen LogP contribution in [0.5, 0.6) is 0 Å². The summed E-state index contributed by atoms with van der Waals surface area (Å²) in [6, 6.07) is 0. The molecule has 32 heavy (non-hydrogen) atoms. The molecule has 0 radical (unpaired) electrons. The Hall–Kier alpha value is -1.64. The van der Waals surface area contributed by atoms with Gasteiger partial charge in [0, 0.05) is 23.7 Å². The van der Waals surface area contributed by atoms with Gasteiger partial charge in [0.05, 0.1) is 5.41 Å². The molecule has 7 atom stereocenters. The van der Waals surface area contributed by atoms with Crippen molar-refractivity contribution in [1.82, 2.24) is 0 Å². The van der Waals surface area contributed by atoms with Gasteiger partial charge in [0.1, 0.15) is 5.78 Å². The van der Waals surface area contributed by atoms with Crippen molar-refractivity contribution in [3.8, 4) is 0 Å². The summed E-state index contributed by atoms with van der Waals surface area (Å²) in [5, 5.41) is 10.4. The molecule has 5 aliphatic rings. The number of hydrogen-bond donors (Lipinski definition) is 1. The normalized spacial score (nSPS) is 49.1. The molecule has 3 nitrogen and oxygen atoms in total. The van der Waals surface area contributed by atoms with E-state index in [1.807, 2.05) is 0 Å². The maximum atomic E-state index is 12.6.